The average Bonchev–Trinajstić information content (AvgIpc) is 2.66. The van der Waals surface area contributed by atoms with E-state index in [-0.39, 0.29) is 23.7 Å². The van der Waals surface area contributed by atoms with Crippen molar-refractivity contribution in [2.45, 2.75) is 46.1 Å². The van der Waals surface area contributed by atoms with Crippen molar-refractivity contribution < 1.29 is 9.59 Å². The molecule has 0 atom stereocenters. The number of nitrogens with zero attached hydrogens (tertiary/aromatic N) is 2. The third-order valence-electron chi connectivity index (χ3n) is 4.04. The number of aryl methyl sites for hydroxylation is 1. The molecule has 0 spiro atoms. The normalized spacial score (nSPS) is 10.7. The molecule has 2 amide bonds. The second-order valence-electron chi connectivity index (χ2n) is 6.16. The summed E-state index contributed by atoms with van der Waals surface area (Å²) in [5.41, 5.74) is -0.0334. The van der Waals surface area contributed by atoms with Crippen LogP contribution in [-0.2, 0) is 11.3 Å². The summed E-state index contributed by atoms with van der Waals surface area (Å²) in [5.74, 6) is -0.710. The Labute approximate surface area is 152 Å². The lowest BCUT2D eigenvalue weighted by Gasteiger charge is -2.11. The number of carbonyl (C=O) groups excluding carboxylic acids is 2. The Kier molecular flexibility index (Phi) is 7.32. The molecule has 1 aromatic carbocycles. The van der Waals surface area contributed by atoms with E-state index < -0.39 is 5.91 Å². The molecule has 7 heteroatoms. The summed E-state index contributed by atoms with van der Waals surface area (Å²) >= 11 is 0. The summed E-state index contributed by atoms with van der Waals surface area (Å²) in [6.07, 6.45) is 3.67. The molecule has 0 aliphatic carbocycles. The topological polar surface area (TPSA) is 93.1 Å². The van der Waals surface area contributed by atoms with Crippen LogP contribution in [0.2, 0.25) is 0 Å². The minimum Gasteiger partial charge on any atom is -0.355 e. The Morgan fingerprint density at radius 3 is 2.46 bits per heavy atom. The summed E-state index contributed by atoms with van der Waals surface area (Å²) < 4.78 is 1.35. The van der Waals surface area contributed by atoms with Crippen LogP contribution < -0.4 is 16.2 Å². The quantitative estimate of drug-likeness (QED) is 0.669. The molecule has 1 aromatic heterocycles. The van der Waals surface area contributed by atoms with Crippen molar-refractivity contribution in [3.05, 3.63) is 40.3 Å². The van der Waals surface area contributed by atoms with Gasteiger partial charge in [-0.25, -0.2) is 4.68 Å². The number of aromatic nitrogens is 2. The van der Waals surface area contributed by atoms with Crippen molar-refractivity contribution in [3.63, 3.8) is 0 Å². The van der Waals surface area contributed by atoms with E-state index in [2.05, 4.69) is 22.7 Å². The van der Waals surface area contributed by atoms with Crippen LogP contribution in [0.15, 0.2) is 29.1 Å². The molecule has 0 aliphatic heterocycles. The van der Waals surface area contributed by atoms with E-state index in [0.29, 0.717) is 23.9 Å². The monoisotopic (exact) mass is 358 g/mol. The first-order chi connectivity index (χ1) is 12.6. The molecule has 2 N–H and O–H groups in total. The number of amides is 2. The Balaban J connectivity index is 2.27. The van der Waals surface area contributed by atoms with Gasteiger partial charge >= 0.3 is 0 Å². The van der Waals surface area contributed by atoms with E-state index in [9.17, 15) is 14.4 Å². The van der Waals surface area contributed by atoms with Gasteiger partial charge in [-0.1, -0.05) is 44.9 Å². The molecule has 26 heavy (non-hydrogen) atoms. The van der Waals surface area contributed by atoms with Crippen LogP contribution in [0.25, 0.3) is 10.8 Å². The molecule has 7 nitrogen and oxygen atoms in total. The van der Waals surface area contributed by atoms with Crippen LogP contribution in [0.5, 0.6) is 0 Å². The summed E-state index contributed by atoms with van der Waals surface area (Å²) in [6.45, 7) is 4.95. The lowest BCUT2D eigenvalue weighted by atomic mass is 10.1. The average molecular weight is 358 g/mol. The second-order valence-corrected chi connectivity index (χ2v) is 6.16. The zero-order chi connectivity index (χ0) is 18.9. The van der Waals surface area contributed by atoms with Crippen LogP contribution in [0.1, 0.15) is 50.0 Å². The van der Waals surface area contributed by atoms with Crippen LogP contribution in [-0.4, -0.2) is 34.7 Å². The highest BCUT2D eigenvalue weighted by molar-refractivity contribution is 6.05. The number of hydrogen-bond donors (Lipinski definition) is 2. The molecule has 0 unspecified atom stereocenters. The van der Waals surface area contributed by atoms with Crippen molar-refractivity contribution in [2.75, 3.05) is 13.1 Å². The molecule has 0 aliphatic rings. The number of nitrogens with one attached hydrogen (secondary N) is 2. The van der Waals surface area contributed by atoms with Gasteiger partial charge in [0.1, 0.15) is 0 Å². The molecule has 0 bridgehead atoms. The third kappa shape index (κ3) is 4.91. The smallest absolute Gasteiger partial charge is 0.274 e. The molecule has 0 fully saturated rings. The van der Waals surface area contributed by atoms with Crippen molar-refractivity contribution in [2.24, 2.45) is 0 Å². The van der Waals surface area contributed by atoms with Gasteiger partial charge in [0.05, 0.1) is 11.9 Å². The minimum absolute atomic E-state index is 0.121. The third-order valence-corrected chi connectivity index (χ3v) is 4.04. The summed E-state index contributed by atoms with van der Waals surface area (Å²) in [4.78, 5) is 36.8. The Bertz CT molecular complexity index is 829. The predicted octanol–water partition coefficient (Wildman–Crippen LogP) is 1.84. The van der Waals surface area contributed by atoms with Gasteiger partial charge in [0.2, 0.25) is 5.91 Å². The van der Waals surface area contributed by atoms with Gasteiger partial charge < -0.3 is 10.6 Å². The number of carbonyl (C=O) groups is 2. The summed E-state index contributed by atoms with van der Waals surface area (Å²) in [5, 5.41) is 10.5. The molecular weight excluding hydrogens is 332 g/mol. The summed E-state index contributed by atoms with van der Waals surface area (Å²) in [6, 6.07) is 6.92. The molecule has 0 saturated carbocycles. The number of fused-ring (bicyclic) bond motifs is 1. The maximum absolute atomic E-state index is 12.6. The van der Waals surface area contributed by atoms with Crippen molar-refractivity contribution >= 4 is 22.6 Å². The van der Waals surface area contributed by atoms with Gasteiger partial charge in [-0.05, 0) is 18.9 Å². The van der Waals surface area contributed by atoms with Crippen LogP contribution >= 0.6 is 0 Å². The van der Waals surface area contributed by atoms with Gasteiger partial charge in [-0.15, -0.1) is 0 Å². The van der Waals surface area contributed by atoms with E-state index in [0.717, 1.165) is 25.7 Å². The van der Waals surface area contributed by atoms with Crippen LogP contribution in [0, 0.1) is 0 Å². The fourth-order valence-corrected chi connectivity index (χ4v) is 2.64. The van der Waals surface area contributed by atoms with E-state index in [4.69, 9.17) is 0 Å². The maximum atomic E-state index is 12.6. The second kappa shape index (κ2) is 9.70. The largest absolute Gasteiger partial charge is 0.355 e. The first-order valence-corrected chi connectivity index (χ1v) is 9.13. The molecule has 140 valence electrons. The zero-order valence-corrected chi connectivity index (χ0v) is 15.4. The fourth-order valence-electron chi connectivity index (χ4n) is 2.64. The van der Waals surface area contributed by atoms with E-state index in [1.54, 1.807) is 24.3 Å². The summed E-state index contributed by atoms with van der Waals surface area (Å²) in [7, 11) is 0. The maximum Gasteiger partial charge on any atom is 0.274 e. The lowest BCUT2D eigenvalue weighted by molar-refractivity contribution is -0.120. The van der Waals surface area contributed by atoms with Crippen molar-refractivity contribution in [1.82, 2.24) is 20.4 Å². The highest BCUT2D eigenvalue weighted by Crippen LogP contribution is 2.13. The van der Waals surface area contributed by atoms with Crippen molar-refractivity contribution in [1.29, 1.82) is 0 Å². The van der Waals surface area contributed by atoms with Gasteiger partial charge in [0.25, 0.3) is 11.5 Å². The number of benzene rings is 1. The first kappa shape index (κ1) is 19.6. The van der Waals surface area contributed by atoms with Crippen LogP contribution in [0.4, 0.5) is 0 Å². The minimum atomic E-state index is -0.461. The Morgan fingerprint density at radius 1 is 1.04 bits per heavy atom. The Morgan fingerprint density at radius 2 is 1.77 bits per heavy atom. The standard InChI is InChI=1S/C19H26N4O3/c1-3-5-8-12-23-19(26)15-10-7-6-9-14(15)17(22-23)18(25)21-13-16(24)20-11-4-2/h6-7,9-10H,3-5,8,11-13H2,1-2H3,(H,20,24)(H,21,25). The zero-order valence-electron chi connectivity index (χ0n) is 15.4. The molecule has 0 radical (unpaired) electrons. The number of rotatable bonds is 9. The molecule has 2 aromatic rings. The lowest BCUT2D eigenvalue weighted by Crippen LogP contribution is -2.38. The fraction of sp³-hybridized carbons (Fsp3) is 0.474. The van der Waals surface area contributed by atoms with Gasteiger partial charge in [-0.3, -0.25) is 14.4 Å². The SMILES string of the molecule is CCCCCn1nc(C(=O)NCC(=O)NCCC)c2ccccc2c1=O. The molecule has 1 heterocycles. The highest BCUT2D eigenvalue weighted by atomic mass is 16.2. The van der Waals surface area contributed by atoms with Gasteiger partial charge in [0, 0.05) is 18.5 Å². The Hall–Kier alpha value is -2.70. The number of unbranched alkanes of at least 4 members (excludes halogenated alkanes) is 2. The molecular formula is C19H26N4O3. The predicted molar refractivity (Wildman–Crippen MR) is 101 cm³/mol. The van der Waals surface area contributed by atoms with Crippen molar-refractivity contribution in [3.8, 4) is 0 Å². The van der Waals surface area contributed by atoms with Crippen LogP contribution in [0.3, 0.4) is 0 Å². The van der Waals surface area contributed by atoms with E-state index in [1.807, 2.05) is 6.92 Å². The highest BCUT2D eigenvalue weighted by Gasteiger charge is 2.17. The van der Waals surface area contributed by atoms with Gasteiger partial charge in [-0.2, -0.15) is 5.10 Å². The van der Waals surface area contributed by atoms with E-state index in [1.165, 1.54) is 4.68 Å². The molecule has 2 rings (SSSR count). The molecule has 0 saturated heterocycles. The number of hydrogen-bond acceptors (Lipinski definition) is 4. The first-order valence-electron chi connectivity index (χ1n) is 9.13. The van der Waals surface area contributed by atoms with Gasteiger partial charge in [0.15, 0.2) is 5.69 Å². The van der Waals surface area contributed by atoms with E-state index >= 15 is 0 Å².